The van der Waals surface area contributed by atoms with Crippen LogP contribution >= 0.6 is 0 Å². The summed E-state index contributed by atoms with van der Waals surface area (Å²) < 4.78 is 72.1. The number of hydrogen-bond acceptors (Lipinski definition) is 12. The van der Waals surface area contributed by atoms with Gasteiger partial charge in [-0.1, -0.05) is 13.8 Å². The van der Waals surface area contributed by atoms with Gasteiger partial charge < -0.3 is 53.1 Å². The molecule has 0 rings (SSSR count). The molecule has 0 atom stereocenters. The van der Waals surface area contributed by atoms with Crippen molar-refractivity contribution in [2.24, 2.45) is 0 Å². The van der Waals surface area contributed by atoms with Crippen LogP contribution < -0.4 is 0 Å². The van der Waals surface area contributed by atoms with Crippen LogP contribution in [-0.4, -0.2) is 115 Å². The van der Waals surface area contributed by atoms with Crippen LogP contribution in [-0.2, 0) is 53.1 Å². The molecule has 0 bridgehead atoms. The monoisotopic (exact) mass is 708 g/mol. The van der Waals surface area contributed by atoms with Crippen molar-refractivity contribution in [3.05, 3.63) is 0 Å². The molecule has 0 spiro atoms. The lowest BCUT2D eigenvalue weighted by Crippen LogP contribution is -2.63. The molecule has 0 saturated heterocycles. The van der Waals surface area contributed by atoms with Gasteiger partial charge in [0, 0.05) is 79.3 Å². The molecule has 44 heavy (non-hydrogen) atoms. The Bertz CT molecular complexity index is 494. The van der Waals surface area contributed by atoms with Crippen LogP contribution in [0.3, 0.4) is 0 Å². The zero-order chi connectivity index (χ0) is 34.1. The van der Waals surface area contributed by atoms with Crippen molar-refractivity contribution in [3.8, 4) is 0 Å². The van der Waals surface area contributed by atoms with Crippen molar-refractivity contribution in [3.63, 3.8) is 0 Å². The lowest BCUT2D eigenvalue weighted by molar-refractivity contribution is 0.0334. The summed E-state index contributed by atoms with van der Waals surface area (Å²) in [6.45, 7) is 33.6. The average molecular weight is 709 g/mol. The van der Waals surface area contributed by atoms with Gasteiger partial charge in [0.15, 0.2) is 0 Å². The topological polar surface area (TPSA) is 111 Å². The Morgan fingerprint density at radius 3 is 0.409 bits per heavy atom. The van der Waals surface area contributed by atoms with Gasteiger partial charge in [0.1, 0.15) is 0 Å². The van der Waals surface area contributed by atoms with E-state index in [2.05, 4.69) is 0 Å². The fourth-order valence-electron chi connectivity index (χ4n) is 4.85. The molecular weight excluding hydrogens is 641 g/mol. The second-order valence-electron chi connectivity index (χ2n) is 9.05. The molecule has 16 heteroatoms. The summed E-state index contributed by atoms with van der Waals surface area (Å²) >= 11 is 0. The molecule has 0 fully saturated rings. The largest absolute Gasteiger partial charge is 0.508 e. The fourth-order valence-corrected chi connectivity index (χ4v) is 20.1. The second kappa shape index (κ2) is 26.4. The minimum atomic E-state index is -2.96. The van der Waals surface area contributed by atoms with E-state index in [0.29, 0.717) is 79.3 Å². The van der Waals surface area contributed by atoms with Gasteiger partial charge >= 0.3 is 35.2 Å². The van der Waals surface area contributed by atoms with Gasteiger partial charge in [0.2, 0.25) is 0 Å². The van der Waals surface area contributed by atoms with E-state index in [1.54, 1.807) is 0 Å². The van der Waals surface area contributed by atoms with Crippen LogP contribution in [0.5, 0.6) is 0 Å². The van der Waals surface area contributed by atoms with Crippen molar-refractivity contribution >= 4 is 35.2 Å². The molecule has 0 aromatic heterocycles. The van der Waals surface area contributed by atoms with E-state index >= 15 is 0 Å². The van der Waals surface area contributed by atoms with Gasteiger partial charge in [-0.15, -0.1) is 0 Å². The molecule has 0 N–H and O–H groups in total. The molecule has 0 aliphatic rings. The summed E-state index contributed by atoms with van der Waals surface area (Å²) in [7, 11) is -11.8. The van der Waals surface area contributed by atoms with E-state index in [9.17, 15) is 0 Å². The minimum Gasteiger partial charge on any atom is -0.374 e. The predicted molar refractivity (Wildman–Crippen MR) is 181 cm³/mol. The molecule has 0 aromatic rings. The van der Waals surface area contributed by atoms with Crippen LogP contribution in [0, 0.1) is 0 Å². The summed E-state index contributed by atoms with van der Waals surface area (Å²) in [5.41, 5.74) is 0. The maximum Gasteiger partial charge on any atom is 0.508 e. The molecule has 0 heterocycles. The van der Waals surface area contributed by atoms with Crippen molar-refractivity contribution in [2.45, 2.75) is 107 Å². The van der Waals surface area contributed by atoms with Crippen LogP contribution in [0.25, 0.3) is 0 Å². The first-order chi connectivity index (χ1) is 21.0. The van der Waals surface area contributed by atoms with Crippen molar-refractivity contribution < 1.29 is 53.1 Å². The van der Waals surface area contributed by atoms with Gasteiger partial charge in [0.25, 0.3) is 0 Å². The van der Waals surface area contributed by atoms with Gasteiger partial charge in [-0.25, -0.2) is 0 Å². The highest BCUT2D eigenvalue weighted by molar-refractivity contribution is 6.83. The minimum absolute atomic E-state index is 0.181. The molecule has 0 aliphatic heterocycles. The van der Waals surface area contributed by atoms with Crippen LogP contribution in [0.4, 0.5) is 0 Å². The van der Waals surface area contributed by atoms with Crippen molar-refractivity contribution in [2.75, 3.05) is 79.3 Å². The molecule has 0 aliphatic carbocycles. The van der Waals surface area contributed by atoms with E-state index in [1.807, 2.05) is 96.9 Å². The zero-order valence-corrected chi connectivity index (χ0v) is 34.5. The fraction of sp³-hybridized carbons (Fsp3) is 1.00. The van der Waals surface area contributed by atoms with Crippen molar-refractivity contribution in [1.82, 2.24) is 0 Å². The maximum atomic E-state index is 6.01. The third kappa shape index (κ3) is 13.9. The number of hydrogen-bond donors (Lipinski definition) is 0. The van der Waals surface area contributed by atoms with E-state index < -0.39 is 35.2 Å². The lowest BCUT2D eigenvalue weighted by Gasteiger charge is -2.40. The zero-order valence-electron chi connectivity index (χ0n) is 30.5. The smallest absolute Gasteiger partial charge is 0.374 e. The van der Waals surface area contributed by atoms with E-state index in [4.69, 9.17) is 53.1 Å². The van der Waals surface area contributed by atoms with Gasteiger partial charge in [-0.2, -0.15) is 0 Å². The summed E-state index contributed by atoms with van der Waals surface area (Å²) in [6.07, 6.45) is 0. The van der Waals surface area contributed by atoms with Crippen LogP contribution in [0.2, 0.25) is 10.3 Å². The third-order valence-corrected chi connectivity index (χ3v) is 23.0. The first-order valence-corrected chi connectivity index (χ1v) is 23.9. The summed E-state index contributed by atoms with van der Waals surface area (Å²) in [5, 5.41) is -0.362. The summed E-state index contributed by atoms with van der Waals surface area (Å²) in [6, 6.07) is 0. The van der Waals surface area contributed by atoms with E-state index in [-0.39, 0.29) is 10.3 Å². The SMILES string of the molecule is CCO[Si](OCC)(OCC)C(C)[Si](OCC)(OCC)OCC.CCO[Si](OCC)(OCC)C(C)[Si](OCC)(OCC)OCC. The Kier molecular flexibility index (Phi) is 27.9. The molecule has 0 radical (unpaired) electrons. The van der Waals surface area contributed by atoms with Gasteiger partial charge in [-0.05, 0) is 83.1 Å². The quantitative estimate of drug-likeness (QED) is 0.0886. The predicted octanol–water partition coefficient (Wildman–Crippen LogP) is 6.03. The molecule has 0 saturated carbocycles. The van der Waals surface area contributed by atoms with Gasteiger partial charge in [0.05, 0.1) is 10.3 Å². The maximum absolute atomic E-state index is 6.01. The molecular formula is C28H68O12Si4. The Balaban J connectivity index is 0. The summed E-state index contributed by atoms with van der Waals surface area (Å²) in [5.74, 6) is 0. The Morgan fingerprint density at radius 2 is 0.341 bits per heavy atom. The normalized spacial score (nSPS) is 13.1. The highest BCUT2D eigenvalue weighted by Crippen LogP contribution is 2.38. The second-order valence-corrected chi connectivity index (χ2v) is 22.0. The van der Waals surface area contributed by atoms with Crippen LogP contribution in [0.15, 0.2) is 0 Å². The molecule has 0 unspecified atom stereocenters. The number of rotatable bonds is 28. The third-order valence-electron chi connectivity index (χ3n) is 6.27. The standard InChI is InChI=1S/2C14H34O6Si2/c2*1-8-15-21(16-9-2,17-10-3)14(7)22(18-11-4,19-12-5)20-13-6/h2*14H,8-13H2,1-7H3. The molecule has 12 nitrogen and oxygen atoms in total. The molecule has 0 aromatic carbocycles. The first kappa shape index (κ1) is 46.5. The Hall–Kier alpha value is 0.388. The van der Waals surface area contributed by atoms with Crippen LogP contribution in [0.1, 0.15) is 96.9 Å². The van der Waals surface area contributed by atoms with E-state index in [0.717, 1.165) is 0 Å². The van der Waals surface area contributed by atoms with Crippen molar-refractivity contribution in [1.29, 1.82) is 0 Å². The molecule has 0 amide bonds. The lowest BCUT2D eigenvalue weighted by atomic mass is 10.9. The van der Waals surface area contributed by atoms with Gasteiger partial charge in [-0.3, -0.25) is 0 Å². The first-order valence-electron chi connectivity index (χ1n) is 16.7. The molecule has 268 valence electrons. The average Bonchev–Trinajstić information content (AvgIpc) is 2.98. The Morgan fingerprint density at radius 1 is 0.250 bits per heavy atom. The highest BCUT2D eigenvalue weighted by atomic mass is 28.5. The highest BCUT2D eigenvalue weighted by Gasteiger charge is 2.64. The summed E-state index contributed by atoms with van der Waals surface area (Å²) in [4.78, 5) is 0. The van der Waals surface area contributed by atoms with E-state index in [1.165, 1.54) is 0 Å². The Labute approximate surface area is 274 Å².